The summed E-state index contributed by atoms with van der Waals surface area (Å²) in [5, 5.41) is 7.26. The molecule has 3 heterocycles. The third-order valence-electron chi connectivity index (χ3n) is 3.90. The van der Waals surface area contributed by atoms with Gasteiger partial charge in [-0.15, -0.1) is 11.8 Å². The number of imidazole rings is 1. The lowest BCUT2D eigenvalue weighted by molar-refractivity contribution is -0.137. The summed E-state index contributed by atoms with van der Waals surface area (Å²) in [6.45, 7) is 3.71. The number of thioether (sulfide) groups is 1. The van der Waals surface area contributed by atoms with Crippen molar-refractivity contribution in [1.29, 1.82) is 0 Å². The van der Waals surface area contributed by atoms with Gasteiger partial charge in [-0.25, -0.2) is 4.98 Å². The highest BCUT2D eigenvalue weighted by molar-refractivity contribution is 7.99. The molecule has 1 amide bonds. The number of fused-ring (bicyclic) bond motifs is 1. The molecule has 0 aliphatic heterocycles. The third-order valence-corrected chi connectivity index (χ3v) is 4.87. The largest absolute Gasteiger partial charge is 0.416 e. The number of carbonyl (C=O) groups excluding carboxylic acids is 1. The van der Waals surface area contributed by atoms with Crippen molar-refractivity contribution in [1.82, 2.24) is 19.2 Å². The van der Waals surface area contributed by atoms with Gasteiger partial charge in [-0.3, -0.25) is 9.48 Å². The average molecular weight is 397 g/mol. The second-order valence-corrected chi connectivity index (χ2v) is 7.06. The fourth-order valence-electron chi connectivity index (χ4n) is 2.58. The number of halogens is 3. The Morgan fingerprint density at radius 2 is 2.07 bits per heavy atom. The van der Waals surface area contributed by atoms with Crippen molar-refractivity contribution < 1.29 is 18.0 Å². The molecule has 0 atom stereocenters. The molecule has 3 aromatic rings. The monoisotopic (exact) mass is 397 g/mol. The van der Waals surface area contributed by atoms with E-state index in [0.29, 0.717) is 23.6 Å². The summed E-state index contributed by atoms with van der Waals surface area (Å²) < 4.78 is 41.8. The quantitative estimate of drug-likeness (QED) is 0.655. The van der Waals surface area contributed by atoms with E-state index in [4.69, 9.17) is 0 Å². The molecular weight excluding hydrogens is 379 g/mol. The Morgan fingerprint density at radius 1 is 1.33 bits per heavy atom. The van der Waals surface area contributed by atoms with Crippen molar-refractivity contribution in [2.75, 3.05) is 11.1 Å². The Labute approximate surface area is 157 Å². The normalized spacial score (nSPS) is 11.9. The van der Waals surface area contributed by atoms with Crippen molar-refractivity contribution in [3.8, 4) is 11.4 Å². The molecule has 10 heteroatoms. The molecule has 0 fully saturated rings. The van der Waals surface area contributed by atoms with Crippen molar-refractivity contribution >= 4 is 29.1 Å². The van der Waals surface area contributed by atoms with Gasteiger partial charge in [0.1, 0.15) is 22.9 Å². The van der Waals surface area contributed by atoms with Gasteiger partial charge in [-0.1, -0.05) is 13.8 Å². The number of amides is 1. The Bertz CT molecular complexity index is 993. The van der Waals surface area contributed by atoms with Crippen molar-refractivity contribution in [3.05, 3.63) is 30.1 Å². The summed E-state index contributed by atoms with van der Waals surface area (Å²) in [6.07, 6.45) is -1.15. The number of aryl methyl sites for hydroxylation is 1. The van der Waals surface area contributed by atoms with Gasteiger partial charge in [0.2, 0.25) is 5.91 Å². The first kappa shape index (κ1) is 19.3. The van der Waals surface area contributed by atoms with E-state index < -0.39 is 11.7 Å². The minimum absolute atomic E-state index is 0.146. The van der Waals surface area contributed by atoms with Crippen LogP contribution in [0.1, 0.15) is 25.8 Å². The molecule has 0 aromatic carbocycles. The fourth-order valence-corrected chi connectivity index (χ4v) is 3.47. The lowest BCUT2D eigenvalue weighted by atomic mass is 10.2. The van der Waals surface area contributed by atoms with Gasteiger partial charge in [-0.05, 0) is 17.9 Å². The van der Waals surface area contributed by atoms with Crippen LogP contribution in [-0.2, 0) is 18.0 Å². The highest BCUT2D eigenvalue weighted by atomic mass is 32.2. The minimum Gasteiger partial charge on any atom is -0.310 e. The van der Waals surface area contributed by atoms with E-state index >= 15 is 0 Å². The minimum atomic E-state index is -4.43. The van der Waals surface area contributed by atoms with Crippen LogP contribution < -0.4 is 5.32 Å². The molecule has 3 rings (SSSR count). The first-order valence-corrected chi connectivity index (χ1v) is 9.29. The second-order valence-electron chi connectivity index (χ2n) is 5.79. The van der Waals surface area contributed by atoms with Crippen LogP contribution in [0.15, 0.2) is 29.4 Å². The first-order valence-electron chi connectivity index (χ1n) is 8.30. The van der Waals surface area contributed by atoms with Crippen LogP contribution >= 0.6 is 11.8 Å². The van der Waals surface area contributed by atoms with E-state index in [0.717, 1.165) is 22.8 Å². The number of nitrogens with zero attached hydrogens (tertiary/aromatic N) is 4. The zero-order valence-electron chi connectivity index (χ0n) is 15.0. The molecule has 0 aliphatic rings. The standard InChI is InChI=1S/C17H18F3N5OS/c1-4-13(26)22-16-15(27-5-2)14(23-24(16)3)11-9-25-7-6-10(17(18,19)20)8-12(25)21-11/h6-9H,4-5H2,1-3H3,(H,22,26). The highest BCUT2D eigenvalue weighted by Crippen LogP contribution is 2.37. The molecule has 1 N–H and O–H groups in total. The van der Waals surface area contributed by atoms with Crippen LogP contribution in [0.25, 0.3) is 17.0 Å². The number of rotatable bonds is 5. The molecule has 0 saturated heterocycles. The molecule has 144 valence electrons. The number of anilines is 1. The lowest BCUT2D eigenvalue weighted by Crippen LogP contribution is -2.13. The molecular formula is C17H18F3N5OS. The molecule has 0 spiro atoms. The maximum absolute atomic E-state index is 12.9. The molecule has 0 saturated carbocycles. The van der Waals surface area contributed by atoms with Crippen LogP contribution in [0.3, 0.4) is 0 Å². The van der Waals surface area contributed by atoms with Gasteiger partial charge in [0, 0.05) is 25.9 Å². The summed E-state index contributed by atoms with van der Waals surface area (Å²) in [5.74, 6) is 1.14. The molecule has 3 aromatic heterocycles. The van der Waals surface area contributed by atoms with E-state index in [1.54, 1.807) is 24.9 Å². The molecule has 0 aliphatic carbocycles. The van der Waals surface area contributed by atoms with Crippen molar-refractivity contribution in [3.63, 3.8) is 0 Å². The van der Waals surface area contributed by atoms with Crippen LogP contribution in [-0.4, -0.2) is 30.8 Å². The van der Waals surface area contributed by atoms with E-state index in [-0.39, 0.29) is 11.6 Å². The second kappa shape index (κ2) is 7.26. The van der Waals surface area contributed by atoms with Crippen LogP contribution in [0.4, 0.5) is 19.0 Å². The maximum Gasteiger partial charge on any atom is 0.416 e. The summed E-state index contributed by atoms with van der Waals surface area (Å²) in [5.41, 5.74) is 0.384. The SMILES string of the molecule is CCSc1c(-c2cn3ccc(C(F)(F)F)cc3n2)nn(C)c1NC(=O)CC. The average Bonchev–Trinajstić information content (AvgIpc) is 3.16. The van der Waals surface area contributed by atoms with E-state index in [9.17, 15) is 18.0 Å². The summed E-state index contributed by atoms with van der Waals surface area (Å²) in [4.78, 5) is 16.9. The van der Waals surface area contributed by atoms with Gasteiger partial charge in [0.15, 0.2) is 0 Å². The number of pyridine rings is 1. The molecule has 0 unspecified atom stereocenters. The van der Waals surface area contributed by atoms with Gasteiger partial charge in [0.25, 0.3) is 0 Å². The topological polar surface area (TPSA) is 64.2 Å². The summed E-state index contributed by atoms with van der Waals surface area (Å²) in [7, 11) is 1.70. The van der Waals surface area contributed by atoms with Gasteiger partial charge in [-0.2, -0.15) is 18.3 Å². The zero-order chi connectivity index (χ0) is 19.8. The van der Waals surface area contributed by atoms with Crippen LogP contribution in [0, 0.1) is 0 Å². The summed E-state index contributed by atoms with van der Waals surface area (Å²) in [6, 6.07) is 2.00. The Morgan fingerprint density at radius 3 is 2.70 bits per heavy atom. The van der Waals surface area contributed by atoms with Crippen LogP contribution in [0.2, 0.25) is 0 Å². The number of carbonyl (C=O) groups is 1. The number of aromatic nitrogens is 4. The predicted octanol–water partition coefficient (Wildman–Crippen LogP) is 4.21. The molecule has 27 heavy (non-hydrogen) atoms. The number of nitrogens with one attached hydrogen (secondary N) is 1. The van der Waals surface area contributed by atoms with E-state index in [2.05, 4.69) is 15.4 Å². The number of hydrogen-bond acceptors (Lipinski definition) is 4. The molecule has 0 radical (unpaired) electrons. The number of hydrogen-bond donors (Lipinski definition) is 1. The first-order chi connectivity index (χ1) is 12.7. The zero-order valence-corrected chi connectivity index (χ0v) is 15.8. The fraction of sp³-hybridized carbons (Fsp3) is 0.353. The summed E-state index contributed by atoms with van der Waals surface area (Å²) >= 11 is 1.49. The van der Waals surface area contributed by atoms with Gasteiger partial charge < -0.3 is 9.72 Å². The Hall–Kier alpha value is -2.49. The van der Waals surface area contributed by atoms with Gasteiger partial charge in [0.05, 0.1) is 10.5 Å². The Kier molecular flexibility index (Phi) is 5.18. The van der Waals surface area contributed by atoms with E-state index in [1.165, 1.54) is 22.4 Å². The van der Waals surface area contributed by atoms with Crippen molar-refractivity contribution in [2.24, 2.45) is 7.05 Å². The smallest absolute Gasteiger partial charge is 0.310 e. The lowest BCUT2D eigenvalue weighted by Gasteiger charge is -2.06. The highest BCUT2D eigenvalue weighted by Gasteiger charge is 2.31. The van der Waals surface area contributed by atoms with Gasteiger partial charge >= 0.3 is 6.18 Å². The maximum atomic E-state index is 12.9. The van der Waals surface area contributed by atoms with E-state index in [1.807, 2.05) is 6.92 Å². The van der Waals surface area contributed by atoms with Crippen LogP contribution in [0.5, 0.6) is 0 Å². The third kappa shape index (κ3) is 3.80. The number of alkyl halides is 3. The molecule has 6 nitrogen and oxygen atoms in total. The molecule has 0 bridgehead atoms. The Balaban J connectivity index is 2.10. The van der Waals surface area contributed by atoms with Crippen molar-refractivity contribution in [2.45, 2.75) is 31.3 Å². The predicted molar refractivity (Wildman–Crippen MR) is 97.7 cm³/mol.